The molecule has 1 aromatic carbocycles. The van der Waals surface area contributed by atoms with Gasteiger partial charge in [-0.15, -0.1) is 0 Å². The maximum atomic E-state index is 13.2. The Kier molecular flexibility index (Phi) is 4.90. The SMILES string of the molecule is CN(C)CC(=O)N1CCC2(CCCN(c3ccccc3)C2=O)CC1. The molecule has 0 unspecified atom stereocenters. The van der Waals surface area contributed by atoms with Crippen LogP contribution in [-0.4, -0.2) is 61.9 Å². The van der Waals surface area contributed by atoms with E-state index in [0.29, 0.717) is 19.6 Å². The summed E-state index contributed by atoms with van der Waals surface area (Å²) >= 11 is 0. The lowest BCUT2D eigenvalue weighted by Gasteiger charge is -2.46. The summed E-state index contributed by atoms with van der Waals surface area (Å²) in [4.78, 5) is 31.2. The second-order valence-electron chi connectivity index (χ2n) is 7.29. The number of hydrogen-bond donors (Lipinski definition) is 0. The molecule has 2 heterocycles. The van der Waals surface area contributed by atoms with Crippen LogP contribution in [0.3, 0.4) is 0 Å². The lowest BCUT2D eigenvalue weighted by molar-refractivity contribution is -0.141. The topological polar surface area (TPSA) is 43.9 Å². The molecule has 0 bridgehead atoms. The fourth-order valence-corrected chi connectivity index (χ4v) is 3.94. The Morgan fingerprint density at radius 3 is 2.38 bits per heavy atom. The molecule has 5 nitrogen and oxygen atoms in total. The van der Waals surface area contributed by atoms with Crippen molar-refractivity contribution in [3.8, 4) is 0 Å². The molecule has 2 aliphatic heterocycles. The number of carbonyl (C=O) groups is 2. The molecule has 3 rings (SSSR count). The smallest absolute Gasteiger partial charge is 0.236 e. The monoisotopic (exact) mass is 329 g/mol. The van der Waals surface area contributed by atoms with Crippen molar-refractivity contribution in [1.29, 1.82) is 0 Å². The first-order valence-corrected chi connectivity index (χ1v) is 8.81. The molecule has 2 saturated heterocycles. The van der Waals surface area contributed by atoms with Crippen molar-refractivity contribution in [2.75, 3.05) is 45.2 Å². The molecule has 0 radical (unpaired) electrons. The highest BCUT2D eigenvalue weighted by Gasteiger charge is 2.46. The van der Waals surface area contributed by atoms with E-state index in [2.05, 4.69) is 0 Å². The number of nitrogens with zero attached hydrogens (tertiary/aromatic N) is 3. The van der Waals surface area contributed by atoms with Gasteiger partial charge in [-0.25, -0.2) is 0 Å². The van der Waals surface area contributed by atoms with E-state index < -0.39 is 0 Å². The summed E-state index contributed by atoms with van der Waals surface area (Å²) in [5, 5.41) is 0. The van der Waals surface area contributed by atoms with Crippen LogP contribution in [0.4, 0.5) is 5.69 Å². The van der Waals surface area contributed by atoms with E-state index in [9.17, 15) is 9.59 Å². The van der Waals surface area contributed by atoms with E-state index in [1.165, 1.54) is 0 Å². The van der Waals surface area contributed by atoms with Crippen LogP contribution in [0.5, 0.6) is 0 Å². The van der Waals surface area contributed by atoms with Gasteiger partial charge in [-0.05, 0) is 51.9 Å². The Hall–Kier alpha value is -1.88. The van der Waals surface area contributed by atoms with Gasteiger partial charge in [-0.1, -0.05) is 18.2 Å². The van der Waals surface area contributed by atoms with Crippen LogP contribution < -0.4 is 4.90 Å². The van der Waals surface area contributed by atoms with Crippen molar-refractivity contribution >= 4 is 17.5 Å². The largest absolute Gasteiger partial charge is 0.342 e. The summed E-state index contributed by atoms with van der Waals surface area (Å²) in [5.74, 6) is 0.415. The highest BCUT2D eigenvalue weighted by atomic mass is 16.2. The predicted molar refractivity (Wildman–Crippen MR) is 94.8 cm³/mol. The number of amides is 2. The molecule has 2 fully saturated rings. The van der Waals surface area contributed by atoms with Crippen LogP contribution in [0.1, 0.15) is 25.7 Å². The van der Waals surface area contributed by atoms with Crippen molar-refractivity contribution in [2.24, 2.45) is 5.41 Å². The number of rotatable bonds is 3. The first-order chi connectivity index (χ1) is 11.5. The molecule has 0 saturated carbocycles. The van der Waals surface area contributed by atoms with Gasteiger partial charge in [0.1, 0.15) is 0 Å². The number of para-hydroxylation sites is 1. The van der Waals surface area contributed by atoms with Crippen molar-refractivity contribution in [1.82, 2.24) is 9.80 Å². The molecule has 2 amide bonds. The quantitative estimate of drug-likeness (QED) is 0.852. The third-order valence-electron chi connectivity index (χ3n) is 5.33. The van der Waals surface area contributed by atoms with Gasteiger partial charge in [0, 0.05) is 25.3 Å². The summed E-state index contributed by atoms with van der Waals surface area (Å²) in [5.41, 5.74) is 0.718. The van der Waals surface area contributed by atoms with Gasteiger partial charge in [-0.2, -0.15) is 0 Å². The van der Waals surface area contributed by atoms with Crippen molar-refractivity contribution < 1.29 is 9.59 Å². The Morgan fingerprint density at radius 1 is 1.08 bits per heavy atom. The maximum Gasteiger partial charge on any atom is 0.236 e. The van der Waals surface area contributed by atoms with Gasteiger partial charge < -0.3 is 14.7 Å². The van der Waals surface area contributed by atoms with Gasteiger partial charge in [0.2, 0.25) is 11.8 Å². The lowest BCUT2D eigenvalue weighted by Crippen LogP contribution is -2.55. The second-order valence-corrected chi connectivity index (χ2v) is 7.29. The van der Waals surface area contributed by atoms with E-state index in [4.69, 9.17) is 0 Å². The Balaban J connectivity index is 1.68. The van der Waals surface area contributed by atoms with Gasteiger partial charge in [-0.3, -0.25) is 9.59 Å². The van der Waals surface area contributed by atoms with Gasteiger partial charge in [0.25, 0.3) is 0 Å². The number of piperidine rings is 2. The number of carbonyl (C=O) groups excluding carboxylic acids is 2. The first-order valence-electron chi connectivity index (χ1n) is 8.81. The van der Waals surface area contributed by atoms with Crippen LogP contribution in [0.15, 0.2) is 30.3 Å². The average molecular weight is 329 g/mol. The minimum atomic E-state index is -0.275. The molecule has 1 aromatic rings. The van der Waals surface area contributed by atoms with Gasteiger partial charge in [0.05, 0.1) is 12.0 Å². The average Bonchev–Trinajstić information content (AvgIpc) is 2.58. The van der Waals surface area contributed by atoms with Gasteiger partial charge >= 0.3 is 0 Å². The molecular weight excluding hydrogens is 302 g/mol. The first kappa shape index (κ1) is 17.0. The fourth-order valence-electron chi connectivity index (χ4n) is 3.94. The van der Waals surface area contributed by atoms with E-state index in [0.717, 1.165) is 37.9 Å². The normalized spacial score (nSPS) is 20.7. The molecular formula is C19H27N3O2. The summed E-state index contributed by atoms with van der Waals surface area (Å²) in [6.07, 6.45) is 3.56. The number of hydrogen-bond acceptors (Lipinski definition) is 3. The summed E-state index contributed by atoms with van der Waals surface area (Å²) in [6.45, 7) is 2.63. The summed E-state index contributed by atoms with van der Waals surface area (Å²) in [7, 11) is 3.82. The zero-order valence-corrected chi connectivity index (χ0v) is 14.7. The zero-order valence-electron chi connectivity index (χ0n) is 14.7. The minimum Gasteiger partial charge on any atom is -0.342 e. The Morgan fingerprint density at radius 2 is 1.75 bits per heavy atom. The summed E-state index contributed by atoms with van der Waals surface area (Å²) in [6, 6.07) is 9.95. The fraction of sp³-hybridized carbons (Fsp3) is 0.579. The maximum absolute atomic E-state index is 13.2. The molecule has 1 spiro atoms. The predicted octanol–water partition coefficient (Wildman–Crippen LogP) is 1.98. The zero-order chi connectivity index (χ0) is 17.2. The molecule has 0 N–H and O–H groups in total. The van der Waals surface area contributed by atoms with E-state index in [1.807, 2.05) is 59.1 Å². The Bertz CT molecular complexity index is 592. The molecule has 24 heavy (non-hydrogen) atoms. The molecule has 0 aliphatic carbocycles. The van der Waals surface area contributed by atoms with E-state index >= 15 is 0 Å². The highest BCUT2D eigenvalue weighted by molar-refractivity contribution is 5.98. The van der Waals surface area contributed by atoms with Gasteiger partial charge in [0.15, 0.2) is 0 Å². The van der Waals surface area contributed by atoms with E-state index in [-0.39, 0.29) is 17.2 Å². The minimum absolute atomic E-state index is 0.165. The van der Waals surface area contributed by atoms with Crippen molar-refractivity contribution in [2.45, 2.75) is 25.7 Å². The number of benzene rings is 1. The number of likely N-dealkylation sites (N-methyl/N-ethyl adjacent to an activating group) is 1. The third kappa shape index (κ3) is 3.31. The molecule has 2 aliphatic rings. The van der Waals surface area contributed by atoms with Crippen LogP contribution in [-0.2, 0) is 9.59 Å². The number of anilines is 1. The standard InChI is InChI=1S/C19H27N3O2/c1-20(2)15-17(23)21-13-10-19(11-14-21)9-6-12-22(18(19)24)16-7-4-3-5-8-16/h3-5,7-8H,6,9-15H2,1-2H3. The van der Waals surface area contributed by atoms with Crippen molar-refractivity contribution in [3.05, 3.63) is 30.3 Å². The van der Waals surface area contributed by atoms with E-state index in [1.54, 1.807) is 0 Å². The summed E-state index contributed by atoms with van der Waals surface area (Å²) < 4.78 is 0. The van der Waals surface area contributed by atoms with Crippen LogP contribution in [0.2, 0.25) is 0 Å². The molecule has 0 aromatic heterocycles. The molecule has 0 atom stereocenters. The third-order valence-corrected chi connectivity index (χ3v) is 5.33. The second kappa shape index (κ2) is 6.93. The molecule has 5 heteroatoms. The Labute approximate surface area is 144 Å². The van der Waals surface area contributed by atoms with Crippen LogP contribution in [0.25, 0.3) is 0 Å². The van der Waals surface area contributed by atoms with Crippen molar-refractivity contribution in [3.63, 3.8) is 0 Å². The highest BCUT2D eigenvalue weighted by Crippen LogP contribution is 2.42. The molecule has 130 valence electrons. The lowest BCUT2D eigenvalue weighted by atomic mass is 9.71. The number of likely N-dealkylation sites (tertiary alicyclic amines) is 1. The van der Waals surface area contributed by atoms with Crippen LogP contribution in [0, 0.1) is 5.41 Å². The van der Waals surface area contributed by atoms with Crippen LogP contribution >= 0.6 is 0 Å².